The summed E-state index contributed by atoms with van der Waals surface area (Å²) < 4.78 is 2.99. The summed E-state index contributed by atoms with van der Waals surface area (Å²) in [4.78, 5) is 23.2. The van der Waals surface area contributed by atoms with Gasteiger partial charge in [0.2, 0.25) is 5.91 Å². The van der Waals surface area contributed by atoms with Crippen molar-refractivity contribution in [3.05, 3.63) is 65.1 Å². The van der Waals surface area contributed by atoms with Crippen LogP contribution in [0.1, 0.15) is 29.0 Å². The predicted octanol–water partition coefficient (Wildman–Crippen LogP) is 2.68. The van der Waals surface area contributed by atoms with Gasteiger partial charge in [0.25, 0.3) is 0 Å². The van der Waals surface area contributed by atoms with E-state index < -0.39 is 12.0 Å². The number of nitrogens with one attached hydrogen (secondary N) is 1. The molecule has 0 fully saturated rings. The maximum absolute atomic E-state index is 12.3. The normalized spacial score (nSPS) is 11.9. The monoisotopic (exact) mass is 373 g/mol. The number of halogens is 1. The van der Waals surface area contributed by atoms with Gasteiger partial charge in [0.05, 0.1) is 6.54 Å². The maximum atomic E-state index is 12.3. The fourth-order valence-electron chi connectivity index (χ4n) is 2.31. The van der Waals surface area contributed by atoms with Crippen LogP contribution in [0.2, 0.25) is 5.02 Å². The molecular formula is C17H16ClN5O3. The molecule has 2 N–H and O–H groups in total. The molecule has 8 nitrogen and oxygen atoms in total. The van der Waals surface area contributed by atoms with Crippen molar-refractivity contribution >= 4 is 29.3 Å². The molecule has 9 heteroatoms. The number of aromatic carboxylic acids is 1. The third-order valence-corrected chi connectivity index (χ3v) is 4.01. The third kappa shape index (κ3) is 4.09. The Morgan fingerprint density at radius 3 is 2.54 bits per heavy atom. The quantitative estimate of drug-likeness (QED) is 0.691. The van der Waals surface area contributed by atoms with Crippen LogP contribution >= 0.6 is 11.6 Å². The van der Waals surface area contributed by atoms with E-state index in [1.165, 1.54) is 16.9 Å². The predicted molar refractivity (Wildman–Crippen MR) is 95.3 cm³/mol. The summed E-state index contributed by atoms with van der Waals surface area (Å²) in [7, 11) is 0. The number of hydrogen-bond acceptors (Lipinski definition) is 4. The Kier molecular flexibility index (Phi) is 5.04. The molecule has 0 radical (unpaired) electrons. The van der Waals surface area contributed by atoms with Crippen LogP contribution in [-0.4, -0.2) is 36.5 Å². The second-order valence-corrected chi connectivity index (χ2v) is 6.11. The van der Waals surface area contributed by atoms with Gasteiger partial charge in [-0.2, -0.15) is 10.2 Å². The van der Waals surface area contributed by atoms with Crippen LogP contribution in [0.5, 0.6) is 0 Å². The first-order valence-corrected chi connectivity index (χ1v) is 8.17. The lowest BCUT2D eigenvalue weighted by molar-refractivity contribution is -0.119. The minimum Gasteiger partial charge on any atom is -0.476 e. The van der Waals surface area contributed by atoms with Crippen LogP contribution in [-0.2, 0) is 11.3 Å². The Morgan fingerprint density at radius 2 is 1.88 bits per heavy atom. The molecule has 2 aromatic heterocycles. The largest absolute Gasteiger partial charge is 0.476 e. The highest BCUT2D eigenvalue weighted by Crippen LogP contribution is 2.13. The first-order chi connectivity index (χ1) is 12.4. The minimum atomic E-state index is -1.14. The number of carbonyl (C=O) groups excluding carboxylic acids is 1. The zero-order valence-corrected chi connectivity index (χ0v) is 14.6. The molecule has 3 aromatic rings. The molecule has 26 heavy (non-hydrogen) atoms. The summed E-state index contributed by atoms with van der Waals surface area (Å²) in [5, 5.41) is 20.4. The number of nitrogens with zero attached hydrogens (tertiary/aromatic N) is 4. The van der Waals surface area contributed by atoms with Crippen LogP contribution in [0.15, 0.2) is 48.8 Å². The molecule has 1 atom stereocenters. The Balaban J connectivity index is 1.63. The van der Waals surface area contributed by atoms with Crippen LogP contribution in [0.4, 0.5) is 5.82 Å². The zero-order valence-electron chi connectivity index (χ0n) is 13.8. The second-order valence-electron chi connectivity index (χ2n) is 5.68. The molecule has 0 saturated carbocycles. The summed E-state index contributed by atoms with van der Waals surface area (Å²) in [5.41, 5.74) is 0.915. The molecule has 0 aliphatic rings. The van der Waals surface area contributed by atoms with E-state index >= 15 is 0 Å². The lowest BCUT2D eigenvalue weighted by atomic mass is 10.2. The van der Waals surface area contributed by atoms with E-state index in [-0.39, 0.29) is 11.6 Å². The number of aromatic nitrogens is 4. The minimum absolute atomic E-state index is 0.114. The van der Waals surface area contributed by atoms with E-state index in [9.17, 15) is 9.59 Å². The standard InChI is InChI=1S/C17H16ClN5O3/c1-11(23-9-6-14(20-23)17(25)26)16(24)19-15-7-8-22(21-15)10-12-2-4-13(18)5-3-12/h2-9,11H,10H2,1H3,(H,25,26)(H,19,21,24). The van der Waals surface area contributed by atoms with Gasteiger partial charge < -0.3 is 10.4 Å². The molecule has 0 aliphatic heterocycles. The number of anilines is 1. The molecule has 3 rings (SSSR count). The molecule has 2 heterocycles. The topological polar surface area (TPSA) is 102 Å². The highest BCUT2D eigenvalue weighted by molar-refractivity contribution is 6.30. The lowest BCUT2D eigenvalue weighted by Crippen LogP contribution is -2.24. The van der Waals surface area contributed by atoms with Gasteiger partial charge in [-0.3, -0.25) is 14.2 Å². The molecule has 0 bridgehead atoms. The van der Waals surface area contributed by atoms with Gasteiger partial charge in [-0.05, 0) is 30.7 Å². The van der Waals surface area contributed by atoms with E-state index in [4.69, 9.17) is 16.7 Å². The third-order valence-electron chi connectivity index (χ3n) is 3.75. The van der Waals surface area contributed by atoms with E-state index in [1.54, 1.807) is 36.0 Å². The first-order valence-electron chi connectivity index (χ1n) is 7.79. The van der Waals surface area contributed by atoms with Crippen LogP contribution in [0, 0.1) is 0 Å². The van der Waals surface area contributed by atoms with Crippen LogP contribution in [0.25, 0.3) is 0 Å². The van der Waals surface area contributed by atoms with Crippen molar-refractivity contribution in [2.45, 2.75) is 19.5 Å². The van der Waals surface area contributed by atoms with E-state index in [0.29, 0.717) is 17.4 Å². The van der Waals surface area contributed by atoms with Crippen molar-refractivity contribution < 1.29 is 14.7 Å². The Labute approximate surface area is 154 Å². The number of benzene rings is 1. The van der Waals surface area contributed by atoms with Crippen molar-refractivity contribution in [3.63, 3.8) is 0 Å². The Morgan fingerprint density at radius 1 is 1.15 bits per heavy atom. The fraction of sp³-hybridized carbons (Fsp3) is 0.176. The Hall–Kier alpha value is -3.13. The highest BCUT2D eigenvalue weighted by atomic mass is 35.5. The van der Waals surface area contributed by atoms with Crippen molar-refractivity contribution in [1.82, 2.24) is 19.6 Å². The average Bonchev–Trinajstić information content (AvgIpc) is 3.26. The first kappa shape index (κ1) is 17.7. The average molecular weight is 374 g/mol. The molecule has 1 unspecified atom stereocenters. The summed E-state index contributed by atoms with van der Waals surface area (Å²) in [6, 6.07) is 9.77. The second kappa shape index (κ2) is 7.40. The number of carboxylic acid groups (broad SMARTS) is 1. The smallest absolute Gasteiger partial charge is 0.356 e. The number of carbonyl (C=O) groups is 2. The summed E-state index contributed by atoms with van der Waals surface area (Å²) in [6.45, 7) is 2.17. The maximum Gasteiger partial charge on any atom is 0.356 e. The van der Waals surface area contributed by atoms with Gasteiger partial charge in [0, 0.05) is 23.5 Å². The van der Waals surface area contributed by atoms with Gasteiger partial charge in [-0.25, -0.2) is 4.79 Å². The highest BCUT2D eigenvalue weighted by Gasteiger charge is 2.18. The number of amides is 1. The molecule has 0 aliphatic carbocycles. The molecule has 0 saturated heterocycles. The van der Waals surface area contributed by atoms with E-state index in [1.807, 2.05) is 12.1 Å². The van der Waals surface area contributed by atoms with Crippen molar-refractivity contribution in [2.75, 3.05) is 5.32 Å². The lowest BCUT2D eigenvalue weighted by Gasteiger charge is -2.11. The van der Waals surface area contributed by atoms with E-state index in [2.05, 4.69) is 15.5 Å². The number of hydrogen-bond donors (Lipinski definition) is 2. The van der Waals surface area contributed by atoms with Gasteiger partial charge >= 0.3 is 5.97 Å². The van der Waals surface area contributed by atoms with Crippen LogP contribution in [0.3, 0.4) is 0 Å². The van der Waals surface area contributed by atoms with E-state index in [0.717, 1.165) is 5.56 Å². The van der Waals surface area contributed by atoms with Crippen molar-refractivity contribution in [2.24, 2.45) is 0 Å². The molecule has 0 spiro atoms. The summed E-state index contributed by atoms with van der Waals surface area (Å²) in [6.07, 6.45) is 3.21. The van der Waals surface area contributed by atoms with Gasteiger partial charge in [0.15, 0.2) is 11.5 Å². The van der Waals surface area contributed by atoms with Gasteiger partial charge in [0.1, 0.15) is 6.04 Å². The van der Waals surface area contributed by atoms with Gasteiger partial charge in [-0.15, -0.1) is 0 Å². The summed E-state index contributed by atoms with van der Waals surface area (Å²) in [5.74, 6) is -1.08. The summed E-state index contributed by atoms with van der Waals surface area (Å²) >= 11 is 5.87. The van der Waals surface area contributed by atoms with Crippen molar-refractivity contribution in [1.29, 1.82) is 0 Å². The molecule has 134 valence electrons. The van der Waals surface area contributed by atoms with Gasteiger partial charge in [-0.1, -0.05) is 23.7 Å². The zero-order chi connectivity index (χ0) is 18.7. The molecule has 1 amide bonds. The molecular weight excluding hydrogens is 358 g/mol. The number of carboxylic acids is 1. The molecule has 1 aromatic carbocycles. The fourth-order valence-corrected chi connectivity index (χ4v) is 2.44. The Bertz CT molecular complexity index is 932. The number of rotatable bonds is 6. The van der Waals surface area contributed by atoms with Crippen molar-refractivity contribution in [3.8, 4) is 0 Å². The SMILES string of the molecule is CC(C(=O)Nc1ccn(Cc2ccc(Cl)cc2)n1)n1ccc(C(=O)O)n1. The van der Waals surface area contributed by atoms with Crippen LogP contribution < -0.4 is 5.32 Å².